The van der Waals surface area contributed by atoms with Gasteiger partial charge in [-0.1, -0.05) is 170 Å². The van der Waals surface area contributed by atoms with Crippen LogP contribution in [0.15, 0.2) is 248 Å². The van der Waals surface area contributed by atoms with Gasteiger partial charge in [-0.15, -0.1) is 0 Å². The number of anilines is 4. The number of benzene rings is 8. The fourth-order valence-corrected chi connectivity index (χ4v) is 10.3. The lowest BCUT2D eigenvalue weighted by Gasteiger charge is -2.31. The second kappa shape index (κ2) is 15.5. The number of fused-ring (bicyclic) bond motifs is 5. The topological polar surface area (TPSA) is 11.4 Å². The van der Waals surface area contributed by atoms with Crippen LogP contribution < -0.4 is 9.80 Å². The number of hydrogen-bond acceptors (Lipinski definition) is 2. The first-order valence-electron chi connectivity index (χ1n) is 22.2. The minimum Gasteiger partial charge on any atom is -0.337 e. The van der Waals surface area contributed by atoms with Crippen LogP contribution >= 0.6 is 0 Å². The molecule has 300 valence electrons. The monoisotopic (exact) mass is 807 g/mol. The molecule has 9 aromatic rings. The maximum atomic E-state index is 2.58. The normalized spacial score (nSPS) is 16.5. The molecule has 0 amide bonds. The summed E-state index contributed by atoms with van der Waals surface area (Å²) in [4.78, 5) is 5.00. The van der Waals surface area contributed by atoms with Crippen molar-refractivity contribution in [1.82, 2.24) is 4.57 Å². The minimum absolute atomic E-state index is 0.331. The van der Waals surface area contributed by atoms with Gasteiger partial charge in [0.15, 0.2) is 0 Å². The lowest BCUT2D eigenvalue weighted by molar-refractivity contribution is 0.681. The highest BCUT2D eigenvalue weighted by atomic mass is 15.2. The van der Waals surface area contributed by atoms with Gasteiger partial charge in [-0.05, 0) is 113 Å². The molecule has 2 heterocycles. The number of hydrogen-bond donors (Lipinski definition) is 0. The van der Waals surface area contributed by atoms with Crippen LogP contribution in [-0.4, -0.2) is 10.6 Å². The van der Waals surface area contributed by atoms with Crippen molar-refractivity contribution in [2.24, 2.45) is 5.92 Å². The highest BCUT2D eigenvalue weighted by Gasteiger charge is 2.38. The minimum atomic E-state index is 0.331. The summed E-state index contributed by atoms with van der Waals surface area (Å²) in [5.41, 5.74) is 18.2. The molecular formula is C60H45N3. The van der Waals surface area contributed by atoms with E-state index in [0.717, 1.165) is 35.6 Å². The van der Waals surface area contributed by atoms with E-state index in [9.17, 15) is 0 Å². The van der Waals surface area contributed by atoms with E-state index in [1.165, 1.54) is 72.1 Å². The Labute approximate surface area is 369 Å². The fourth-order valence-electron chi connectivity index (χ4n) is 10.3. The van der Waals surface area contributed by atoms with Crippen LogP contribution in [0.25, 0.3) is 60.9 Å². The van der Waals surface area contributed by atoms with Crippen LogP contribution in [0.2, 0.25) is 0 Å². The third kappa shape index (κ3) is 6.35. The summed E-state index contributed by atoms with van der Waals surface area (Å²) in [5, 5.41) is 2.48. The predicted octanol–water partition coefficient (Wildman–Crippen LogP) is 15.8. The van der Waals surface area contributed by atoms with Gasteiger partial charge in [0.2, 0.25) is 0 Å². The Kier molecular flexibility index (Phi) is 9.11. The van der Waals surface area contributed by atoms with Gasteiger partial charge in [-0.25, -0.2) is 0 Å². The molecule has 3 heteroatoms. The van der Waals surface area contributed by atoms with E-state index in [-0.39, 0.29) is 0 Å². The standard InChI is InChI=1S/C60H45N3/c1-3-16-42(17-4-1)43-30-36-47(37-31-43)61(48-38-32-44(33-39-48)45-34-40-49(41-35-45)62-56-26-12-7-20-50(56)51-21-8-13-27-57(51)62)55-25-11-9-22-52(55)53-24-15-29-59-60(53)54-23-10-14-28-58(54)63(59)46-18-5-2-6-19-46/h1-12,14-26,28-41,50,56H,13,27H2. The van der Waals surface area contributed by atoms with Crippen LogP contribution in [0.3, 0.4) is 0 Å². The van der Waals surface area contributed by atoms with Gasteiger partial charge in [-0.2, -0.15) is 0 Å². The van der Waals surface area contributed by atoms with Gasteiger partial charge in [0.25, 0.3) is 0 Å². The van der Waals surface area contributed by atoms with Crippen LogP contribution in [0.1, 0.15) is 12.8 Å². The van der Waals surface area contributed by atoms with Gasteiger partial charge in [-0.3, -0.25) is 0 Å². The summed E-state index contributed by atoms with van der Waals surface area (Å²) in [7, 11) is 0. The first kappa shape index (κ1) is 36.9. The molecule has 0 saturated heterocycles. The third-order valence-corrected chi connectivity index (χ3v) is 13.2. The zero-order chi connectivity index (χ0) is 41.7. The maximum absolute atomic E-state index is 2.58. The number of para-hydroxylation sites is 3. The molecule has 8 aromatic carbocycles. The second-order valence-electron chi connectivity index (χ2n) is 16.7. The molecule has 2 aliphatic carbocycles. The van der Waals surface area contributed by atoms with Crippen LogP contribution in [0.5, 0.6) is 0 Å². The molecular weight excluding hydrogens is 763 g/mol. The predicted molar refractivity (Wildman–Crippen MR) is 265 cm³/mol. The highest BCUT2D eigenvalue weighted by molar-refractivity contribution is 6.17. The van der Waals surface area contributed by atoms with Gasteiger partial charge in [0.05, 0.1) is 22.8 Å². The zero-order valence-electron chi connectivity index (χ0n) is 34.9. The van der Waals surface area contributed by atoms with Crippen molar-refractivity contribution in [2.45, 2.75) is 18.9 Å². The van der Waals surface area contributed by atoms with E-state index >= 15 is 0 Å². The molecule has 0 bridgehead atoms. The summed E-state index contributed by atoms with van der Waals surface area (Å²) in [6.45, 7) is 0. The molecule has 0 fully saturated rings. The van der Waals surface area contributed by atoms with Crippen molar-refractivity contribution < 1.29 is 0 Å². The summed E-state index contributed by atoms with van der Waals surface area (Å²) in [6, 6.07) is 73.5. The van der Waals surface area contributed by atoms with Gasteiger partial charge in [0, 0.05) is 50.7 Å². The van der Waals surface area contributed by atoms with E-state index in [0.29, 0.717) is 12.0 Å². The number of allylic oxidation sites excluding steroid dienone is 5. The van der Waals surface area contributed by atoms with Crippen molar-refractivity contribution in [2.75, 3.05) is 9.80 Å². The number of rotatable bonds is 8. The van der Waals surface area contributed by atoms with Crippen LogP contribution in [-0.2, 0) is 0 Å². The molecule has 63 heavy (non-hydrogen) atoms. The summed E-state index contributed by atoms with van der Waals surface area (Å²) < 4.78 is 2.40. The van der Waals surface area contributed by atoms with Gasteiger partial charge < -0.3 is 14.4 Å². The highest BCUT2D eigenvalue weighted by Crippen LogP contribution is 2.47. The van der Waals surface area contributed by atoms with Crippen molar-refractivity contribution in [1.29, 1.82) is 0 Å². The molecule has 2 unspecified atom stereocenters. The largest absolute Gasteiger partial charge is 0.337 e. The number of nitrogens with zero attached hydrogens (tertiary/aromatic N) is 3. The van der Waals surface area contributed by atoms with E-state index in [2.05, 4.69) is 251 Å². The Balaban J connectivity index is 0.956. The Morgan fingerprint density at radius 3 is 1.79 bits per heavy atom. The molecule has 0 spiro atoms. The molecule has 0 saturated carbocycles. The summed E-state index contributed by atoms with van der Waals surface area (Å²) in [6.07, 6.45) is 16.0. The molecule has 0 radical (unpaired) electrons. The Bertz CT molecular complexity index is 3260. The molecule has 3 aliphatic rings. The maximum Gasteiger partial charge on any atom is 0.0626 e. The summed E-state index contributed by atoms with van der Waals surface area (Å²) in [5.74, 6) is 0.416. The van der Waals surface area contributed by atoms with E-state index in [1.54, 1.807) is 0 Å². The third-order valence-electron chi connectivity index (χ3n) is 13.2. The van der Waals surface area contributed by atoms with Crippen molar-refractivity contribution in [3.8, 4) is 39.1 Å². The second-order valence-corrected chi connectivity index (χ2v) is 16.7. The SMILES string of the molecule is C1=CC2C3=C(CCC=C3)N(c3ccc(-c4ccc(N(c5ccc(-c6ccccc6)cc5)c5ccccc5-c5cccc6c5c5ccccc5n6-c5ccccc5)cc4)cc3)C2C=C1. The Morgan fingerprint density at radius 2 is 1.05 bits per heavy atom. The molecule has 3 nitrogen and oxygen atoms in total. The van der Waals surface area contributed by atoms with Crippen molar-refractivity contribution in [3.05, 3.63) is 248 Å². The van der Waals surface area contributed by atoms with Crippen LogP contribution in [0, 0.1) is 5.92 Å². The lowest BCUT2D eigenvalue weighted by atomic mass is 9.88. The Morgan fingerprint density at radius 1 is 0.460 bits per heavy atom. The molecule has 2 atom stereocenters. The summed E-state index contributed by atoms with van der Waals surface area (Å²) >= 11 is 0. The van der Waals surface area contributed by atoms with E-state index in [4.69, 9.17) is 0 Å². The lowest BCUT2D eigenvalue weighted by Crippen LogP contribution is -2.32. The Hall–Kier alpha value is -7.88. The van der Waals surface area contributed by atoms with Crippen molar-refractivity contribution >= 4 is 44.6 Å². The van der Waals surface area contributed by atoms with Crippen molar-refractivity contribution in [3.63, 3.8) is 0 Å². The molecule has 12 rings (SSSR count). The molecule has 1 aromatic heterocycles. The first-order valence-corrected chi connectivity index (χ1v) is 22.2. The quantitative estimate of drug-likeness (QED) is 0.151. The first-order chi connectivity index (χ1) is 31.3. The van der Waals surface area contributed by atoms with Crippen LogP contribution in [0.4, 0.5) is 22.7 Å². The van der Waals surface area contributed by atoms with Gasteiger partial charge in [0.1, 0.15) is 0 Å². The fraction of sp³-hybridized carbons (Fsp3) is 0.0667. The average Bonchev–Trinajstić information content (AvgIpc) is 3.89. The zero-order valence-corrected chi connectivity index (χ0v) is 34.9. The number of aromatic nitrogens is 1. The van der Waals surface area contributed by atoms with Gasteiger partial charge >= 0.3 is 0 Å². The average molecular weight is 808 g/mol. The smallest absolute Gasteiger partial charge is 0.0626 e. The van der Waals surface area contributed by atoms with E-state index in [1.807, 2.05) is 0 Å². The van der Waals surface area contributed by atoms with E-state index < -0.39 is 0 Å². The molecule has 1 aliphatic heterocycles. The molecule has 0 N–H and O–H groups in total.